The summed E-state index contributed by atoms with van der Waals surface area (Å²) in [6.45, 7) is 3.67. The van der Waals surface area contributed by atoms with Gasteiger partial charge in [0.1, 0.15) is 0 Å². The molecule has 0 N–H and O–H groups in total. The number of hydrogen-bond acceptors (Lipinski definition) is 2. The number of halogens is 1. The van der Waals surface area contributed by atoms with Crippen molar-refractivity contribution in [3.63, 3.8) is 0 Å². The van der Waals surface area contributed by atoms with E-state index in [1.807, 2.05) is 53.4 Å². The summed E-state index contributed by atoms with van der Waals surface area (Å²) in [6, 6.07) is 16.4. The zero-order chi connectivity index (χ0) is 16.5. The predicted octanol–water partition coefficient (Wildman–Crippen LogP) is 3.93. The summed E-state index contributed by atoms with van der Waals surface area (Å²) >= 11 is 6.08. The van der Waals surface area contributed by atoms with Gasteiger partial charge in [0.15, 0.2) is 0 Å². The Balaban J connectivity index is 1.49. The van der Waals surface area contributed by atoms with Crippen LogP contribution in [0.5, 0.6) is 0 Å². The first kappa shape index (κ1) is 15.7. The van der Waals surface area contributed by atoms with E-state index in [-0.39, 0.29) is 5.91 Å². The Hall–Kier alpha value is -1.84. The number of nitrogens with zero attached hydrogens (tertiary/aromatic N) is 2. The Morgan fingerprint density at radius 2 is 1.58 bits per heavy atom. The number of carbonyl (C=O) groups is 1. The standard InChI is InChI=1S/C20H21ClN2O/c21-18-6-2-4-16(14-18)15-3-1-5-17(13-15)20(24)23-11-9-22(10-12-23)19-7-8-19/h1-6,13-14,19H,7-12H2. The molecule has 0 bridgehead atoms. The molecule has 1 amide bonds. The minimum absolute atomic E-state index is 0.134. The highest BCUT2D eigenvalue weighted by Gasteiger charge is 2.32. The third-order valence-corrected chi connectivity index (χ3v) is 5.17. The molecule has 1 saturated carbocycles. The summed E-state index contributed by atoms with van der Waals surface area (Å²) < 4.78 is 0. The Bertz CT molecular complexity index is 749. The molecule has 0 aromatic heterocycles. The molecule has 1 heterocycles. The number of benzene rings is 2. The van der Waals surface area contributed by atoms with Crippen LogP contribution in [0.4, 0.5) is 0 Å². The predicted molar refractivity (Wildman–Crippen MR) is 97.4 cm³/mol. The molecule has 0 spiro atoms. The van der Waals surface area contributed by atoms with Gasteiger partial charge in [-0.3, -0.25) is 9.69 Å². The van der Waals surface area contributed by atoms with Gasteiger partial charge in [0.05, 0.1) is 0 Å². The van der Waals surface area contributed by atoms with Crippen molar-refractivity contribution in [1.82, 2.24) is 9.80 Å². The molecule has 124 valence electrons. The molecule has 4 heteroatoms. The van der Waals surface area contributed by atoms with E-state index >= 15 is 0 Å². The number of hydrogen-bond donors (Lipinski definition) is 0. The van der Waals surface area contributed by atoms with E-state index in [1.54, 1.807) is 0 Å². The van der Waals surface area contributed by atoms with Gasteiger partial charge >= 0.3 is 0 Å². The average molecular weight is 341 g/mol. The number of rotatable bonds is 3. The van der Waals surface area contributed by atoms with Gasteiger partial charge in [0.25, 0.3) is 5.91 Å². The minimum Gasteiger partial charge on any atom is -0.336 e. The SMILES string of the molecule is O=C(c1cccc(-c2cccc(Cl)c2)c1)N1CCN(C2CC2)CC1. The molecule has 3 nitrogen and oxygen atoms in total. The van der Waals surface area contributed by atoms with Crippen LogP contribution in [0.1, 0.15) is 23.2 Å². The quantitative estimate of drug-likeness (QED) is 0.845. The summed E-state index contributed by atoms with van der Waals surface area (Å²) in [5.41, 5.74) is 2.82. The second kappa shape index (κ2) is 6.58. The molecule has 0 atom stereocenters. The number of carbonyl (C=O) groups excluding carboxylic acids is 1. The van der Waals surface area contributed by atoms with Gasteiger partial charge in [-0.25, -0.2) is 0 Å². The Labute approximate surface area is 147 Å². The fraction of sp³-hybridized carbons (Fsp3) is 0.350. The third kappa shape index (κ3) is 3.33. The third-order valence-electron chi connectivity index (χ3n) is 4.93. The smallest absolute Gasteiger partial charge is 0.253 e. The van der Waals surface area contributed by atoms with Crippen LogP contribution in [-0.4, -0.2) is 47.9 Å². The lowest BCUT2D eigenvalue weighted by Crippen LogP contribution is -2.49. The molecule has 0 unspecified atom stereocenters. The lowest BCUT2D eigenvalue weighted by atomic mass is 10.0. The van der Waals surface area contributed by atoms with Crippen molar-refractivity contribution in [1.29, 1.82) is 0 Å². The van der Waals surface area contributed by atoms with Crippen LogP contribution in [-0.2, 0) is 0 Å². The average Bonchev–Trinajstić information content (AvgIpc) is 3.47. The van der Waals surface area contributed by atoms with Crippen molar-refractivity contribution < 1.29 is 4.79 Å². The van der Waals surface area contributed by atoms with E-state index in [0.29, 0.717) is 5.02 Å². The molecular weight excluding hydrogens is 320 g/mol. The van der Waals surface area contributed by atoms with Crippen LogP contribution in [0.25, 0.3) is 11.1 Å². The summed E-state index contributed by atoms with van der Waals surface area (Å²) in [5.74, 6) is 0.134. The monoisotopic (exact) mass is 340 g/mol. The molecule has 1 aliphatic carbocycles. The van der Waals surface area contributed by atoms with Gasteiger partial charge in [-0.1, -0.05) is 35.9 Å². The lowest BCUT2D eigenvalue weighted by Gasteiger charge is -2.34. The molecule has 2 fully saturated rings. The fourth-order valence-electron chi connectivity index (χ4n) is 3.41. The van der Waals surface area contributed by atoms with E-state index in [1.165, 1.54) is 12.8 Å². The molecule has 0 radical (unpaired) electrons. The van der Waals surface area contributed by atoms with E-state index in [0.717, 1.165) is 48.9 Å². The van der Waals surface area contributed by atoms with Gasteiger partial charge < -0.3 is 4.90 Å². The van der Waals surface area contributed by atoms with Crippen molar-refractivity contribution in [2.45, 2.75) is 18.9 Å². The van der Waals surface area contributed by atoms with E-state index in [9.17, 15) is 4.79 Å². The molecule has 1 aliphatic heterocycles. The Morgan fingerprint density at radius 3 is 2.25 bits per heavy atom. The van der Waals surface area contributed by atoms with Gasteiger partial charge in [-0.15, -0.1) is 0 Å². The van der Waals surface area contributed by atoms with Crippen molar-refractivity contribution in [3.05, 3.63) is 59.1 Å². The Morgan fingerprint density at radius 1 is 0.917 bits per heavy atom. The topological polar surface area (TPSA) is 23.6 Å². The zero-order valence-electron chi connectivity index (χ0n) is 13.6. The van der Waals surface area contributed by atoms with Crippen LogP contribution in [0, 0.1) is 0 Å². The van der Waals surface area contributed by atoms with Gasteiger partial charge in [-0.05, 0) is 48.2 Å². The maximum atomic E-state index is 12.8. The summed E-state index contributed by atoms with van der Waals surface area (Å²) in [7, 11) is 0. The van der Waals surface area contributed by atoms with Crippen LogP contribution in [0.15, 0.2) is 48.5 Å². The molecule has 24 heavy (non-hydrogen) atoms. The highest BCUT2D eigenvalue weighted by molar-refractivity contribution is 6.30. The second-order valence-corrected chi connectivity index (χ2v) is 7.09. The molecule has 4 rings (SSSR count). The lowest BCUT2D eigenvalue weighted by molar-refractivity contribution is 0.0627. The van der Waals surface area contributed by atoms with Gasteiger partial charge in [0, 0.05) is 42.8 Å². The molecule has 2 aromatic rings. The molecular formula is C20H21ClN2O. The summed E-state index contributed by atoms with van der Waals surface area (Å²) in [6.07, 6.45) is 2.66. The van der Waals surface area contributed by atoms with Gasteiger partial charge in [-0.2, -0.15) is 0 Å². The second-order valence-electron chi connectivity index (χ2n) is 6.65. The van der Waals surface area contributed by atoms with Crippen LogP contribution >= 0.6 is 11.6 Å². The molecule has 2 aromatic carbocycles. The molecule has 1 saturated heterocycles. The first-order chi connectivity index (χ1) is 11.7. The first-order valence-electron chi connectivity index (χ1n) is 8.60. The van der Waals surface area contributed by atoms with Crippen molar-refractivity contribution in [2.75, 3.05) is 26.2 Å². The van der Waals surface area contributed by atoms with Crippen molar-refractivity contribution >= 4 is 17.5 Å². The largest absolute Gasteiger partial charge is 0.336 e. The van der Waals surface area contributed by atoms with Crippen molar-refractivity contribution in [2.24, 2.45) is 0 Å². The first-order valence-corrected chi connectivity index (χ1v) is 8.98. The van der Waals surface area contributed by atoms with E-state index < -0.39 is 0 Å². The van der Waals surface area contributed by atoms with E-state index in [2.05, 4.69) is 4.90 Å². The normalized spacial score (nSPS) is 18.6. The number of piperazine rings is 1. The van der Waals surface area contributed by atoms with Crippen LogP contribution in [0.3, 0.4) is 0 Å². The maximum absolute atomic E-state index is 12.8. The van der Waals surface area contributed by atoms with E-state index in [4.69, 9.17) is 11.6 Å². The molecule has 2 aliphatic rings. The summed E-state index contributed by atoms with van der Waals surface area (Å²) in [4.78, 5) is 17.3. The summed E-state index contributed by atoms with van der Waals surface area (Å²) in [5, 5.41) is 0.709. The zero-order valence-corrected chi connectivity index (χ0v) is 14.4. The van der Waals surface area contributed by atoms with Crippen molar-refractivity contribution in [3.8, 4) is 11.1 Å². The number of amides is 1. The Kier molecular flexibility index (Phi) is 4.30. The highest BCUT2D eigenvalue weighted by atomic mass is 35.5. The fourth-order valence-corrected chi connectivity index (χ4v) is 3.60. The van der Waals surface area contributed by atoms with Gasteiger partial charge in [0.2, 0.25) is 0 Å². The minimum atomic E-state index is 0.134. The van der Waals surface area contributed by atoms with Crippen LogP contribution in [0.2, 0.25) is 5.02 Å². The maximum Gasteiger partial charge on any atom is 0.253 e. The highest BCUT2D eigenvalue weighted by Crippen LogP contribution is 2.28. The van der Waals surface area contributed by atoms with Crippen LogP contribution < -0.4 is 0 Å².